The van der Waals surface area contributed by atoms with Crippen LogP contribution in [0.15, 0.2) is 0 Å². The topological polar surface area (TPSA) is 44.0 Å². The van der Waals surface area contributed by atoms with E-state index in [1.807, 2.05) is 13.0 Å². The van der Waals surface area contributed by atoms with Crippen LogP contribution in [0, 0.1) is 23.2 Å². The largest absolute Gasteiger partial charge is 0.378 e. The molecule has 2 heteroatoms. The molecule has 0 aliphatic carbocycles. The first kappa shape index (κ1) is 9.45. The highest BCUT2D eigenvalue weighted by Crippen LogP contribution is 2.13. The summed E-state index contributed by atoms with van der Waals surface area (Å²) in [5, 5.41) is 17.3. The van der Waals surface area contributed by atoms with Crippen molar-refractivity contribution in [1.29, 1.82) is 5.26 Å². The van der Waals surface area contributed by atoms with Crippen molar-refractivity contribution in [1.82, 2.24) is 0 Å². The minimum Gasteiger partial charge on any atom is -0.378 e. The Labute approximate surface area is 62.5 Å². The maximum absolute atomic E-state index is 9.01. The molecule has 2 unspecified atom stereocenters. The van der Waals surface area contributed by atoms with Gasteiger partial charge in [-0.05, 0) is 18.3 Å². The maximum Gasteiger partial charge on any atom is 0.143 e. The molecule has 0 saturated carbocycles. The number of hydrogen-bond donors (Lipinski definition) is 1. The van der Waals surface area contributed by atoms with Crippen LogP contribution in [-0.2, 0) is 0 Å². The van der Waals surface area contributed by atoms with Gasteiger partial charge in [0, 0.05) is 0 Å². The molecule has 0 aliphatic heterocycles. The quantitative estimate of drug-likeness (QED) is 0.606. The van der Waals surface area contributed by atoms with Crippen LogP contribution in [0.1, 0.15) is 27.2 Å². The summed E-state index contributed by atoms with van der Waals surface area (Å²) in [5.41, 5.74) is 0. The summed E-state index contributed by atoms with van der Waals surface area (Å²) in [5.74, 6) is 0.656. The van der Waals surface area contributed by atoms with Gasteiger partial charge in [-0.3, -0.25) is 0 Å². The number of hydrogen-bond acceptors (Lipinski definition) is 2. The molecule has 0 aromatic rings. The zero-order valence-electron chi connectivity index (χ0n) is 6.83. The fourth-order valence-electron chi connectivity index (χ4n) is 1.000. The van der Waals surface area contributed by atoms with Crippen LogP contribution in [-0.4, -0.2) is 11.2 Å². The Morgan fingerprint density at radius 1 is 1.40 bits per heavy atom. The van der Waals surface area contributed by atoms with Crippen molar-refractivity contribution in [2.75, 3.05) is 0 Å². The first-order chi connectivity index (χ1) is 4.57. The molecule has 10 heavy (non-hydrogen) atoms. The lowest BCUT2D eigenvalue weighted by atomic mass is 9.95. The third-order valence-electron chi connectivity index (χ3n) is 1.51. The minimum atomic E-state index is -0.789. The molecule has 0 heterocycles. The molecule has 58 valence electrons. The highest BCUT2D eigenvalue weighted by atomic mass is 16.3. The van der Waals surface area contributed by atoms with E-state index in [1.54, 1.807) is 0 Å². The average Bonchev–Trinajstić information content (AvgIpc) is 1.85. The second kappa shape index (κ2) is 4.29. The zero-order chi connectivity index (χ0) is 8.15. The van der Waals surface area contributed by atoms with Crippen molar-refractivity contribution in [3.8, 4) is 6.07 Å². The van der Waals surface area contributed by atoms with Crippen molar-refractivity contribution in [2.24, 2.45) is 11.8 Å². The van der Waals surface area contributed by atoms with Crippen molar-refractivity contribution < 1.29 is 5.11 Å². The predicted molar refractivity (Wildman–Crippen MR) is 40.2 cm³/mol. The SMILES string of the molecule is CC(C)CC(C)C(O)C#N. The normalized spacial score (nSPS) is 16.4. The molecule has 0 aromatic heterocycles. The lowest BCUT2D eigenvalue weighted by Crippen LogP contribution is -2.16. The van der Waals surface area contributed by atoms with E-state index < -0.39 is 6.10 Å². The highest BCUT2D eigenvalue weighted by molar-refractivity contribution is 4.86. The van der Waals surface area contributed by atoms with Gasteiger partial charge in [0.1, 0.15) is 6.10 Å². The van der Waals surface area contributed by atoms with Crippen LogP contribution >= 0.6 is 0 Å². The number of rotatable bonds is 3. The van der Waals surface area contributed by atoms with Gasteiger partial charge < -0.3 is 5.11 Å². The van der Waals surface area contributed by atoms with Crippen LogP contribution in [0.25, 0.3) is 0 Å². The highest BCUT2D eigenvalue weighted by Gasteiger charge is 2.13. The molecule has 2 atom stereocenters. The van der Waals surface area contributed by atoms with Gasteiger partial charge in [0.05, 0.1) is 6.07 Å². The van der Waals surface area contributed by atoms with Crippen molar-refractivity contribution in [3.63, 3.8) is 0 Å². The zero-order valence-corrected chi connectivity index (χ0v) is 6.83. The molecule has 0 rings (SSSR count). The summed E-state index contributed by atoms with van der Waals surface area (Å²) in [4.78, 5) is 0. The van der Waals surface area contributed by atoms with Gasteiger partial charge in [-0.25, -0.2) is 0 Å². The summed E-state index contributed by atoms with van der Waals surface area (Å²) in [6.07, 6.45) is 0.122. The molecule has 0 bridgehead atoms. The molecule has 2 nitrogen and oxygen atoms in total. The Bertz CT molecular complexity index is 126. The van der Waals surface area contributed by atoms with Gasteiger partial charge in [-0.2, -0.15) is 5.26 Å². The fraction of sp³-hybridized carbons (Fsp3) is 0.875. The Morgan fingerprint density at radius 2 is 1.90 bits per heavy atom. The van der Waals surface area contributed by atoms with E-state index in [1.165, 1.54) is 0 Å². The van der Waals surface area contributed by atoms with Gasteiger partial charge >= 0.3 is 0 Å². The Kier molecular flexibility index (Phi) is 4.06. The standard InChI is InChI=1S/C8H15NO/c1-6(2)4-7(3)8(10)5-9/h6-8,10H,4H2,1-3H3. The molecule has 1 N–H and O–H groups in total. The van der Waals surface area contributed by atoms with E-state index in [-0.39, 0.29) is 5.92 Å². The molecule has 0 aromatic carbocycles. The Morgan fingerprint density at radius 3 is 2.20 bits per heavy atom. The van der Waals surface area contributed by atoms with Crippen LogP contribution < -0.4 is 0 Å². The van der Waals surface area contributed by atoms with Crippen LogP contribution in [0.4, 0.5) is 0 Å². The molecule has 0 radical (unpaired) electrons. The van der Waals surface area contributed by atoms with E-state index in [4.69, 9.17) is 10.4 Å². The summed E-state index contributed by atoms with van der Waals surface area (Å²) in [6.45, 7) is 6.06. The third-order valence-corrected chi connectivity index (χ3v) is 1.51. The van der Waals surface area contributed by atoms with E-state index in [0.717, 1.165) is 6.42 Å². The smallest absolute Gasteiger partial charge is 0.143 e. The molecule has 0 fully saturated rings. The van der Waals surface area contributed by atoms with Crippen molar-refractivity contribution in [2.45, 2.75) is 33.3 Å². The number of aliphatic hydroxyl groups excluding tert-OH is 1. The Hall–Kier alpha value is -0.550. The van der Waals surface area contributed by atoms with Gasteiger partial charge in [0.15, 0.2) is 0 Å². The van der Waals surface area contributed by atoms with E-state index >= 15 is 0 Å². The predicted octanol–water partition coefficient (Wildman–Crippen LogP) is 1.55. The van der Waals surface area contributed by atoms with E-state index in [9.17, 15) is 0 Å². The van der Waals surface area contributed by atoms with E-state index in [0.29, 0.717) is 5.92 Å². The van der Waals surface area contributed by atoms with Crippen LogP contribution in [0.5, 0.6) is 0 Å². The second-order valence-corrected chi connectivity index (χ2v) is 3.18. The summed E-state index contributed by atoms with van der Waals surface area (Å²) in [7, 11) is 0. The Balaban J connectivity index is 3.64. The second-order valence-electron chi connectivity index (χ2n) is 3.18. The van der Waals surface area contributed by atoms with Crippen LogP contribution in [0.2, 0.25) is 0 Å². The average molecular weight is 141 g/mol. The fourth-order valence-corrected chi connectivity index (χ4v) is 1.000. The van der Waals surface area contributed by atoms with Crippen molar-refractivity contribution >= 4 is 0 Å². The first-order valence-corrected chi connectivity index (χ1v) is 3.65. The molecular formula is C8H15NO. The molecule has 0 saturated heterocycles. The summed E-state index contributed by atoms with van der Waals surface area (Å²) in [6, 6.07) is 1.83. The molecular weight excluding hydrogens is 126 g/mol. The van der Waals surface area contributed by atoms with E-state index in [2.05, 4.69) is 13.8 Å². The lowest BCUT2D eigenvalue weighted by molar-refractivity contribution is 0.154. The monoisotopic (exact) mass is 141 g/mol. The third kappa shape index (κ3) is 3.47. The van der Waals surface area contributed by atoms with Gasteiger partial charge in [0.25, 0.3) is 0 Å². The van der Waals surface area contributed by atoms with Gasteiger partial charge in [0.2, 0.25) is 0 Å². The first-order valence-electron chi connectivity index (χ1n) is 3.65. The lowest BCUT2D eigenvalue weighted by Gasteiger charge is -2.13. The summed E-state index contributed by atoms with van der Waals surface area (Å²) >= 11 is 0. The number of nitriles is 1. The minimum absolute atomic E-state index is 0.102. The molecule has 0 aliphatic rings. The van der Waals surface area contributed by atoms with Crippen molar-refractivity contribution in [3.05, 3.63) is 0 Å². The molecule has 0 amide bonds. The van der Waals surface area contributed by atoms with Crippen LogP contribution in [0.3, 0.4) is 0 Å². The number of aliphatic hydroxyl groups is 1. The molecule has 0 spiro atoms. The van der Waals surface area contributed by atoms with Gasteiger partial charge in [-0.15, -0.1) is 0 Å². The van der Waals surface area contributed by atoms with Gasteiger partial charge in [-0.1, -0.05) is 20.8 Å². The maximum atomic E-state index is 9.01. The summed E-state index contributed by atoms with van der Waals surface area (Å²) < 4.78 is 0. The number of nitrogens with zero attached hydrogens (tertiary/aromatic N) is 1.